The van der Waals surface area contributed by atoms with E-state index in [1.807, 2.05) is 6.07 Å². The number of anilines is 1. The summed E-state index contributed by atoms with van der Waals surface area (Å²) in [5.74, 6) is 0.364. The van der Waals surface area contributed by atoms with Crippen LogP contribution in [0.5, 0.6) is 0 Å². The van der Waals surface area contributed by atoms with Crippen LogP contribution in [0.25, 0.3) is 0 Å². The standard InChI is InChI=1S/C27H42N4O2/c1-4-31-12-6-9-25(31)15-28-26(32)22-13-23(18-30(17-22)16-19(2)3)27(33)29-24-11-10-20-7-5-8-21(20)14-24/h10-11,14,19,22-23,25H,4-9,12-13,15-18H2,1-3H3,(H,28,32)(H,29,33)/t22-,23+,25+/m0/s1. The van der Waals surface area contributed by atoms with Crippen LogP contribution >= 0.6 is 0 Å². The Balaban J connectivity index is 1.38. The normalized spacial score (nSPS) is 25.9. The molecule has 2 fully saturated rings. The van der Waals surface area contributed by atoms with E-state index in [-0.39, 0.29) is 23.7 Å². The van der Waals surface area contributed by atoms with Crippen molar-refractivity contribution >= 4 is 17.5 Å². The number of aryl methyl sites for hydroxylation is 2. The Hall–Kier alpha value is -1.92. The molecule has 182 valence electrons. The predicted molar refractivity (Wildman–Crippen MR) is 133 cm³/mol. The van der Waals surface area contributed by atoms with E-state index in [1.54, 1.807) is 0 Å². The molecular weight excluding hydrogens is 412 g/mol. The van der Waals surface area contributed by atoms with E-state index in [4.69, 9.17) is 0 Å². The average Bonchev–Trinajstić information content (AvgIpc) is 3.45. The van der Waals surface area contributed by atoms with Crippen LogP contribution in [0.2, 0.25) is 0 Å². The summed E-state index contributed by atoms with van der Waals surface area (Å²) < 4.78 is 0. The SMILES string of the molecule is CCN1CCC[C@@H]1CNC(=O)[C@H]1C[C@@H](C(=O)Nc2ccc3c(c2)CCC3)CN(CC(C)C)C1. The maximum absolute atomic E-state index is 13.2. The van der Waals surface area contributed by atoms with Crippen LogP contribution in [0.3, 0.4) is 0 Å². The van der Waals surface area contributed by atoms with Crippen molar-refractivity contribution in [2.45, 2.75) is 65.3 Å². The van der Waals surface area contributed by atoms with Crippen molar-refractivity contribution in [2.75, 3.05) is 44.6 Å². The van der Waals surface area contributed by atoms with Crippen molar-refractivity contribution in [3.05, 3.63) is 29.3 Å². The van der Waals surface area contributed by atoms with Gasteiger partial charge in [0, 0.05) is 37.9 Å². The van der Waals surface area contributed by atoms with E-state index < -0.39 is 0 Å². The van der Waals surface area contributed by atoms with Crippen molar-refractivity contribution in [1.29, 1.82) is 0 Å². The number of benzene rings is 1. The van der Waals surface area contributed by atoms with Gasteiger partial charge in [-0.2, -0.15) is 0 Å². The minimum absolute atomic E-state index is 0.0483. The Labute approximate surface area is 199 Å². The molecule has 6 heteroatoms. The van der Waals surface area contributed by atoms with Crippen LogP contribution in [0, 0.1) is 17.8 Å². The number of likely N-dealkylation sites (tertiary alicyclic amines) is 2. The third-order valence-electron chi connectivity index (χ3n) is 7.67. The van der Waals surface area contributed by atoms with Crippen molar-refractivity contribution in [3.63, 3.8) is 0 Å². The third kappa shape index (κ3) is 6.15. The first-order valence-corrected chi connectivity index (χ1v) is 13.1. The van der Waals surface area contributed by atoms with Gasteiger partial charge in [-0.15, -0.1) is 0 Å². The monoisotopic (exact) mass is 454 g/mol. The van der Waals surface area contributed by atoms with Crippen LogP contribution in [0.15, 0.2) is 18.2 Å². The predicted octanol–water partition coefficient (Wildman–Crippen LogP) is 3.31. The van der Waals surface area contributed by atoms with Crippen molar-refractivity contribution in [1.82, 2.24) is 15.1 Å². The highest BCUT2D eigenvalue weighted by Gasteiger charge is 2.36. The number of carbonyl (C=O) groups excluding carboxylic acids is 2. The fourth-order valence-electron chi connectivity index (χ4n) is 6.04. The van der Waals surface area contributed by atoms with Gasteiger partial charge in [-0.05, 0) is 80.8 Å². The maximum Gasteiger partial charge on any atom is 0.228 e. The molecule has 3 atom stereocenters. The molecule has 2 aliphatic heterocycles. The average molecular weight is 455 g/mol. The first-order chi connectivity index (χ1) is 15.9. The summed E-state index contributed by atoms with van der Waals surface area (Å²) >= 11 is 0. The number of piperidine rings is 1. The Morgan fingerprint density at radius 2 is 1.82 bits per heavy atom. The highest BCUT2D eigenvalue weighted by atomic mass is 16.2. The first-order valence-electron chi connectivity index (χ1n) is 13.1. The minimum atomic E-state index is -0.167. The number of amides is 2. The molecule has 0 bridgehead atoms. The highest BCUT2D eigenvalue weighted by molar-refractivity contribution is 5.93. The summed E-state index contributed by atoms with van der Waals surface area (Å²) in [7, 11) is 0. The topological polar surface area (TPSA) is 64.7 Å². The molecule has 0 aromatic heterocycles. The zero-order valence-corrected chi connectivity index (χ0v) is 20.7. The van der Waals surface area contributed by atoms with Gasteiger partial charge in [0.1, 0.15) is 0 Å². The summed E-state index contributed by atoms with van der Waals surface area (Å²) in [6, 6.07) is 6.78. The molecule has 2 amide bonds. The molecule has 2 heterocycles. The molecule has 2 saturated heterocycles. The number of likely N-dealkylation sites (N-methyl/N-ethyl adjacent to an activating group) is 1. The number of rotatable bonds is 8. The Morgan fingerprint density at radius 3 is 2.58 bits per heavy atom. The quantitative estimate of drug-likeness (QED) is 0.633. The molecule has 4 rings (SSSR count). The van der Waals surface area contributed by atoms with Gasteiger partial charge in [-0.1, -0.05) is 26.8 Å². The number of nitrogens with one attached hydrogen (secondary N) is 2. The van der Waals surface area contributed by atoms with Gasteiger partial charge in [0.05, 0.1) is 11.8 Å². The van der Waals surface area contributed by atoms with Gasteiger partial charge in [0.25, 0.3) is 0 Å². The molecule has 1 aromatic rings. The van der Waals surface area contributed by atoms with Gasteiger partial charge in [0.2, 0.25) is 11.8 Å². The fraction of sp³-hybridized carbons (Fsp3) is 0.704. The number of carbonyl (C=O) groups is 2. The molecule has 0 radical (unpaired) electrons. The Kier molecular flexibility index (Phi) is 8.07. The van der Waals surface area contributed by atoms with E-state index in [0.29, 0.717) is 18.4 Å². The van der Waals surface area contributed by atoms with Crippen molar-refractivity contribution < 1.29 is 9.59 Å². The molecule has 3 aliphatic rings. The molecule has 6 nitrogen and oxygen atoms in total. The number of hydrogen-bond acceptors (Lipinski definition) is 4. The van der Waals surface area contributed by atoms with Gasteiger partial charge >= 0.3 is 0 Å². The molecule has 0 saturated carbocycles. The van der Waals surface area contributed by atoms with E-state index in [9.17, 15) is 9.59 Å². The molecule has 0 unspecified atom stereocenters. The van der Waals surface area contributed by atoms with E-state index in [0.717, 1.165) is 64.2 Å². The molecule has 33 heavy (non-hydrogen) atoms. The number of nitrogens with zero attached hydrogens (tertiary/aromatic N) is 2. The summed E-state index contributed by atoms with van der Waals surface area (Å²) in [6.45, 7) is 11.9. The van der Waals surface area contributed by atoms with Crippen LogP contribution in [0.1, 0.15) is 57.6 Å². The Morgan fingerprint density at radius 1 is 1.06 bits per heavy atom. The van der Waals surface area contributed by atoms with E-state index >= 15 is 0 Å². The maximum atomic E-state index is 13.2. The van der Waals surface area contributed by atoms with Crippen LogP contribution in [0.4, 0.5) is 5.69 Å². The van der Waals surface area contributed by atoms with Gasteiger partial charge in [-0.25, -0.2) is 0 Å². The summed E-state index contributed by atoms with van der Waals surface area (Å²) in [4.78, 5) is 31.2. The molecule has 2 N–H and O–H groups in total. The smallest absolute Gasteiger partial charge is 0.228 e. The molecule has 0 spiro atoms. The molecule has 1 aliphatic carbocycles. The minimum Gasteiger partial charge on any atom is -0.354 e. The number of fused-ring (bicyclic) bond motifs is 1. The second kappa shape index (κ2) is 11.0. The second-order valence-electron chi connectivity index (χ2n) is 10.7. The van der Waals surface area contributed by atoms with E-state index in [1.165, 1.54) is 24.0 Å². The molecule has 1 aromatic carbocycles. The highest BCUT2D eigenvalue weighted by Crippen LogP contribution is 2.28. The fourth-order valence-corrected chi connectivity index (χ4v) is 6.04. The lowest BCUT2D eigenvalue weighted by atomic mass is 9.87. The summed E-state index contributed by atoms with van der Waals surface area (Å²) in [6.07, 6.45) is 6.44. The molecular formula is C27H42N4O2. The summed E-state index contributed by atoms with van der Waals surface area (Å²) in [5.41, 5.74) is 3.67. The first kappa shape index (κ1) is 24.2. The lowest BCUT2D eigenvalue weighted by molar-refractivity contribution is -0.130. The third-order valence-corrected chi connectivity index (χ3v) is 7.67. The van der Waals surface area contributed by atoms with E-state index in [2.05, 4.69) is 53.3 Å². The van der Waals surface area contributed by atoms with Crippen molar-refractivity contribution in [3.8, 4) is 0 Å². The van der Waals surface area contributed by atoms with Crippen LogP contribution in [-0.2, 0) is 22.4 Å². The zero-order chi connectivity index (χ0) is 23.4. The van der Waals surface area contributed by atoms with Gasteiger partial charge in [-0.3, -0.25) is 14.5 Å². The zero-order valence-electron chi connectivity index (χ0n) is 20.7. The Bertz CT molecular complexity index is 839. The van der Waals surface area contributed by atoms with Gasteiger partial charge < -0.3 is 15.5 Å². The van der Waals surface area contributed by atoms with Crippen LogP contribution in [-0.4, -0.2) is 66.9 Å². The van der Waals surface area contributed by atoms with Crippen molar-refractivity contribution in [2.24, 2.45) is 17.8 Å². The lowest BCUT2D eigenvalue weighted by Crippen LogP contribution is -2.51. The van der Waals surface area contributed by atoms with Crippen LogP contribution < -0.4 is 10.6 Å². The summed E-state index contributed by atoms with van der Waals surface area (Å²) in [5, 5.41) is 6.39. The largest absolute Gasteiger partial charge is 0.354 e. The second-order valence-corrected chi connectivity index (χ2v) is 10.7. The lowest BCUT2D eigenvalue weighted by Gasteiger charge is -2.37. The van der Waals surface area contributed by atoms with Gasteiger partial charge in [0.15, 0.2) is 0 Å². The number of hydrogen-bond donors (Lipinski definition) is 2.